The second kappa shape index (κ2) is 4.52. The van der Waals surface area contributed by atoms with Gasteiger partial charge in [0.1, 0.15) is 0 Å². The highest BCUT2D eigenvalue weighted by molar-refractivity contribution is 7.17. The topological polar surface area (TPSA) is 12.0 Å². The lowest BCUT2D eigenvalue weighted by molar-refractivity contribution is 0.591. The summed E-state index contributed by atoms with van der Waals surface area (Å²) in [4.78, 5) is 0. The molecule has 2 aromatic rings. The first-order chi connectivity index (χ1) is 7.16. The van der Waals surface area contributed by atoms with Gasteiger partial charge in [0.15, 0.2) is 0 Å². The van der Waals surface area contributed by atoms with E-state index >= 15 is 0 Å². The van der Waals surface area contributed by atoms with Gasteiger partial charge >= 0.3 is 0 Å². The van der Waals surface area contributed by atoms with Gasteiger partial charge in [-0.3, -0.25) is 0 Å². The molecule has 0 bridgehead atoms. The summed E-state index contributed by atoms with van der Waals surface area (Å²) in [6.45, 7) is 5.25. The lowest BCUT2D eigenvalue weighted by Crippen LogP contribution is -2.21. The van der Waals surface area contributed by atoms with Crippen LogP contribution in [0.5, 0.6) is 0 Å². The third-order valence-corrected chi connectivity index (χ3v) is 3.55. The van der Waals surface area contributed by atoms with Gasteiger partial charge in [0, 0.05) is 22.3 Å². The minimum atomic E-state index is 0.521. The average molecular weight is 240 g/mol. The Hall–Kier alpha value is -0.570. The van der Waals surface area contributed by atoms with E-state index in [0.717, 1.165) is 11.6 Å². The van der Waals surface area contributed by atoms with E-state index in [-0.39, 0.29) is 0 Å². The van der Waals surface area contributed by atoms with Gasteiger partial charge < -0.3 is 5.32 Å². The number of halogens is 1. The van der Waals surface area contributed by atoms with Gasteiger partial charge in [0.05, 0.1) is 0 Å². The Bertz CT molecular complexity index is 462. The fourth-order valence-corrected chi connectivity index (χ4v) is 2.75. The molecule has 3 heteroatoms. The second-order valence-electron chi connectivity index (χ2n) is 3.94. The van der Waals surface area contributed by atoms with Crippen molar-refractivity contribution in [2.24, 2.45) is 0 Å². The Labute approximate surface area is 99.1 Å². The molecule has 1 aromatic heterocycles. The number of thiophene rings is 1. The van der Waals surface area contributed by atoms with Crippen LogP contribution in [-0.4, -0.2) is 6.04 Å². The number of benzene rings is 1. The summed E-state index contributed by atoms with van der Waals surface area (Å²) in [5, 5.41) is 7.76. The number of hydrogen-bond donors (Lipinski definition) is 1. The summed E-state index contributed by atoms with van der Waals surface area (Å²) >= 11 is 7.70. The highest BCUT2D eigenvalue weighted by Crippen LogP contribution is 2.28. The summed E-state index contributed by atoms with van der Waals surface area (Å²) in [5.41, 5.74) is 1.36. The molecule has 0 amide bonds. The van der Waals surface area contributed by atoms with Crippen LogP contribution >= 0.6 is 22.9 Å². The highest BCUT2D eigenvalue weighted by Gasteiger charge is 2.04. The molecule has 0 aliphatic carbocycles. The normalized spacial score (nSPS) is 11.5. The monoisotopic (exact) mass is 239 g/mol. The lowest BCUT2D eigenvalue weighted by atomic mass is 10.2. The van der Waals surface area contributed by atoms with Crippen molar-refractivity contribution in [1.82, 2.24) is 5.32 Å². The largest absolute Gasteiger partial charge is 0.310 e. The first kappa shape index (κ1) is 10.9. The summed E-state index contributed by atoms with van der Waals surface area (Å²) in [6.07, 6.45) is 0. The molecule has 1 N–H and O–H groups in total. The summed E-state index contributed by atoms with van der Waals surface area (Å²) < 4.78 is 1.27. The van der Waals surface area contributed by atoms with Crippen molar-refractivity contribution >= 4 is 33.0 Å². The van der Waals surface area contributed by atoms with Gasteiger partial charge in [-0.1, -0.05) is 31.5 Å². The number of rotatable bonds is 3. The van der Waals surface area contributed by atoms with Crippen LogP contribution in [0.3, 0.4) is 0 Å². The zero-order valence-corrected chi connectivity index (χ0v) is 10.5. The molecule has 0 saturated carbocycles. The highest BCUT2D eigenvalue weighted by atomic mass is 35.5. The molecule has 15 heavy (non-hydrogen) atoms. The standard InChI is InChI=1S/C12H14ClNS/c1-8(2)14-6-9-7-15-12-5-10(13)3-4-11(9)12/h3-5,7-8,14H,6H2,1-2H3. The van der Waals surface area contributed by atoms with Crippen molar-refractivity contribution in [3.63, 3.8) is 0 Å². The summed E-state index contributed by atoms with van der Waals surface area (Å²) in [7, 11) is 0. The van der Waals surface area contributed by atoms with Crippen LogP contribution < -0.4 is 5.32 Å². The van der Waals surface area contributed by atoms with Crippen molar-refractivity contribution in [3.8, 4) is 0 Å². The van der Waals surface area contributed by atoms with Crippen LogP contribution in [-0.2, 0) is 6.54 Å². The maximum absolute atomic E-state index is 5.95. The zero-order chi connectivity index (χ0) is 10.8. The fourth-order valence-electron chi connectivity index (χ4n) is 1.51. The molecule has 0 unspecified atom stereocenters. The Balaban J connectivity index is 2.29. The van der Waals surface area contributed by atoms with Crippen molar-refractivity contribution < 1.29 is 0 Å². The van der Waals surface area contributed by atoms with Crippen LogP contribution in [0, 0.1) is 0 Å². The number of fused-ring (bicyclic) bond motifs is 1. The first-order valence-corrected chi connectivity index (χ1v) is 6.31. The molecule has 1 heterocycles. The van der Waals surface area contributed by atoms with Crippen LogP contribution in [0.15, 0.2) is 23.6 Å². The molecule has 0 atom stereocenters. The predicted octanol–water partition coefficient (Wildman–Crippen LogP) is 4.05. The second-order valence-corrected chi connectivity index (χ2v) is 5.28. The number of nitrogens with one attached hydrogen (secondary N) is 1. The minimum Gasteiger partial charge on any atom is -0.310 e. The van der Waals surface area contributed by atoms with E-state index in [4.69, 9.17) is 11.6 Å². The molecule has 80 valence electrons. The average Bonchev–Trinajstić information content (AvgIpc) is 2.57. The van der Waals surface area contributed by atoms with Gasteiger partial charge in [-0.15, -0.1) is 11.3 Å². The van der Waals surface area contributed by atoms with Crippen molar-refractivity contribution in [2.75, 3.05) is 0 Å². The lowest BCUT2D eigenvalue weighted by Gasteiger charge is -2.06. The Morgan fingerprint density at radius 3 is 2.93 bits per heavy atom. The molecule has 2 rings (SSSR count). The van der Waals surface area contributed by atoms with E-state index < -0.39 is 0 Å². The van der Waals surface area contributed by atoms with Crippen LogP contribution in [0.4, 0.5) is 0 Å². The van der Waals surface area contributed by atoms with Crippen LogP contribution in [0.25, 0.3) is 10.1 Å². The van der Waals surface area contributed by atoms with Gasteiger partial charge in [0.2, 0.25) is 0 Å². The van der Waals surface area contributed by atoms with E-state index in [2.05, 4.69) is 30.6 Å². The van der Waals surface area contributed by atoms with Crippen LogP contribution in [0.1, 0.15) is 19.4 Å². The van der Waals surface area contributed by atoms with E-state index in [0.29, 0.717) is 6.04 Å². The quantitative estimate of drug-likeness (QED) is 0.852. The Morgan fingerprint density at radius 1 is 1.40 bits per heavy atom. The molecule has 0 aliphatic heterocycles. The molecule has 1 aromatic carbocycles. The molecule has 0 fully saturated rings. The van der Waals surface area contributed by atoms with E-state index in [1.54, 1.807) is 11.3 Å². The molecular weight excluding hydrogens is 226 g/mol. The van der Waals surface area contributed by atoms with E-state index in [9.17, 15) is 0 Å². The maximum Gasteiger partial charge on any atom is 0.0420 e. The van der Waals surface area contributed by atoms with Gasteiger partial charge in [-0.05, 0) is 28.5 Å². The Kier molecular flexibility index (Phi) is 3.29. The smallest absolute Gasteiger partial charge is 0.0420 e. The molecule has 0 saturated heterocycles. The SMILES string of the molecule is CC(C)NCc1csc2cc(Cl)ccc12. The maximum atomic E-state index is 5.95. The zero-order valence-electron chi connectivity index (χ0n) is 8.88. The van der Waals surface area contributed by atoms with Crippen molar-refractivity contribution in [3.05, 3.63) is 34.2 Å². The molecule has 0 spiro atoms. The van der Waals surface area contributed by atoms with Crippen LogP contribution in [0.2, 0.25) is 5.02 Å². The summed E-state index contributed by atoms with van der Waals surface area (Å²) in [5.74, 6) is 0. The van der Waals surface area contributed by atoms with Crippen molar-refractivity contribution in [2.45, 2.75) is 26.4 Å². The third-order valence-electron chi connectivity index (χ3n) is 2.32. The minimum absolute atomic E-state index is 0.521. The molecule has 0 radical (unpaired) electrons. The molecule has 0 aliphatic rings. The third kappa shape index (κ3) is 2.51. The van der Waals surface area contributed by atoms with Crippen molar-refractivity contribution in [1.29, 1.82) is 0 Å². The van der Waals surface area contributed by atoms with Gasteiger partial charge in [-0.25, -0.2) is 0 Å². The predicted molar refractivity (Wildman–Crippen MR) is 68.8 cm³/mol. The van der Waals surface area contributed by atoms with E-state index in [1.165, 1.54) is 15.6 Å². The first-order valence-electron chi connectivity index (χ1n) is 5.06. The summed E-state index contributed by atoms with van der Waals surface area (Å²) in [6, 6.07) is 6.61. The fraction of sp³-hybridized carbons (Fsp3) is 0.333. The number of hydrogen-bond acceptors (Lipinski definition) is 2. The molecule has 1 nitrogen and oxygen atoms in total. The Morgan fingerprint density at radius 2 is 2.20 bits per heavy atom. The van der Waals surface area contributed by atoms with Gasteiger partial charge in [-0.2, -0.15) is 0 Å². The molecular formula is C12H14ClNS. The van der Waals surface area contributed by atoms with Gasteiger partial charge in [0.25, 0.3) is 0 Å². The van der Waals surface area contributed by atoms with E-state index in [1.807, 2.05) is 12.1 Å².